The lowest BCUT2D eigenvalue weighted by Gasteiger charge is -2.20. The van der Waals surface area contributed by atoms with Gasteiger partial charge in [-0.1, -0.05) is 29.3 Å². The fraction of sp³-hybridized carbons (Fsp3) is 0.312. The fourth-order valence-electron chi connectivity index (χ4n) is 1.51. The minimum atomic E-state index is -0.743. The first-order valence-electron chi connectivity index (χ1n) is 6.99. The lowest BCUT2D eigenvalue weighted by atomic mass is 10.1. The second kappa shape index (κ2) is 8.70. The number of amides is 3. The first-order valence-corrected chi connectivity index (χ1v) is 7.74. The van der Waals surface area contributed by atoms with E-state index in [1.54, 1.807) is 32.9 Å². The Morgan fingerprint density at radius 3 is 2.46 bits per heavy atom. The number of imide groups is 1. The summed E-state index contributed by atoms with van der Waals surface area (Å²) < 4.78 is 4.73. The third-order valence-electron chi connectivity index (χ3n) is 2.45. The van der Waals surface area contributed by atoms with Crippen LogP contribution in [0.3, 0.4) is 0 Å². The molecule has 0 aliphatic rings. The third-order valence-corrected chi connectivity index (χ3v) is 3.01. The number of hydrogen-bond donors (Lipinski definition) is 2. The highest BCUT2D eigenvalue weighted by Gasteiger charge is 2.16. The number of hydrogen-bond acceptors (Lipinski definition) is 4. The third kappa shape index (κ3) is 7.99. The standard InChI is InChI=1S/C16H18Cl2N2O4/c1-16(2,3)20-15(23)19-13(21)9-24-14(22)7-5-10-4-6-11(17)8-12(10)18/h4-8H,9H2,1-3H3,(H2,19,20,21,23). The van der Waals surface area contributed by atoms with Crippen molar-refractivity contribution in [2.24, 2.45) is 0 Å². The maximum Gasteiger partial charge on any atom is 0.331 e. The molecule has 0 aliphatic heterocycles. The number of benzene rings is 1. The number of esters is 1. The molecule has 8 heteroatoms. The number of nitrogens with one attached hydrogen (secondary N) is 2. The lowest BCUT2D eigenvalue weighted by Crippen LogP contribution is -2.49. The van der Waals surface area contributed by atoms with Crippen molar-refractivity contribution in [3.8, 4) is 0 Å². The number of ether oxygens (including phenoxy) is 1. The van der Waals surface area contributed by atoms with E-state index in [0.29, 0.717) is 15.6 Å². The Labute approximate surface area is 150 Å². The van der Waals surface area contributed by atoms with Crippen molar-refractivity contribution in [2.75, 3.05) is 6.61 Å². The van der Waals surface area contributed by atoms with Crippen LogP contribution in [0.5, 0.6) is 0 Å². The Morgan fingerprint density at radius 2 is 1.88 bits per heavy atom. The molecule has 0 heterocycles. The average molecular weight is 373 g/mol. The average Bonchev–Trinajstić information content (AvgIpc) is 2.42. The highest BCUT2D eigenvalue weighted by Crippen LogP contribution is 2.21. The van der Waals surface area contributed by atoms with Crippen LogP contribution < -0.4 is 10.6 Å². The molecule has 0 fully saturated rings. The van der Waals surface area contributed by atoms with Crippen LogP contribution in [-0.2, 0) is 14.3 Å². The molecular formula is C16H18Cl2N2O4. The van der Waals surface area contributed by atoms with Gasteiger partial charge in [0.25, 0.3) is 5.91 Å². The highest BCUT2D eigenvalue weighted by molar-refractivity contribution is 6.35. The largest absolute Gasteiger partial charge is 0.452 e. The molecule has 24 heavy (non-hydrogen) atoms. The first kappa shape index (κ1) is 20.0. The summed E-state index contributed by atoms with van der Waals surface area (Å²) in [4.78, 5) is 34.5. The summed E-state index contributed by atoms with van der Waals surface area (Å²) in [6.07, 6.45) is 2.56. The lowest BCUT2D eigenvalue weighted by molar-refractivity contribution is -0.143. The SMILES string of the molecule is CC(C)(C)NC(=O)NC(=O)COC(=O)C=Cc1ccc(Cl)cc1Cl. The molecule has 0 atom stereocenters. The molecule has 1 aromatic rings. The molecule has 0 bridgehead atoms. The van der Waals surface area contributed by atoms with Crippen LogP contribution in [-0.4, -0.2) is 30.1 Å². The number of carbonyl (C=O) groups excluding carboxylic acids is 3. The van der Waals surface area contributed by atoms with Gasteiger partial charge in [0.2, 0.25) is 0 Å². The van der Waals surface area contributed by atoms with Crippen LogP contribution in [0.1, 0.15) is 26.3 Å². The highest BCUT2D eigenvalue weighted by atomic mass is 35.5. The van der Waals surface area contributed by atoms with Crippen molar-refractivity contribution in [1.82, 2.24) is 10.6 Å². The van der Waals surface area contributed by atoms with Gasteiger partial charge >= 0.3 is 12.0 Å². The molecule has 6 nitrogen and oxygen atoms in total. The predicted octanol–water partition coefficient (Wildman–Crippen LogP) is 3.17. The second-order valence-electron chi connectivity index (χ2n) is 5.86. The van der Waals surface area contributed by atoms with Crippen molar-refractivity contribution < 1.29 is 19.1 Å². The van der Waals surface area contributed by atoms with Crippen molar-refractivity contribution >= 4 is 47.2 Å². The van der Waals surface area contributed by atoms with Gasteiger partial charge in [0.1, 0.15) is 0 Å². The van der Waals surface area contributed by atoms with E-state index in [-0.39, 0.29) is 0 Å². The quantitative estimate of drug-likeness (QED) is 0.627. The summed E-state index contributed by atoms with van der Waals surface area (Å²) in [5, 5.41) is 5.45. The molecule has 1 aromatic carbocycles. The monoisotopic (exact) mass is 372 g/mol. The van der Waals surface area contributed by atoms with Gasteiger partial charge < -0.3 is 10.1 Å². The second-order valence-corrected chi connectivity index (χ2v) is 6.70. The smallest absolute Gasteiger partial charge is 0.331 e. The number of urea groups is 1. The number of carbonyl (C=O) groups is 3. The molecule has 130 valence electrons. The summed E-state index contributed by atoms with van der Waals surface area (Å²) in [6, 6.07) is 4.14. The van der Waals surface area contributed by atoms with Crippen molar-refractivity contribution in [1.29, 1.82) is 0 Å². The Hall–Kier alpha value is -2.05. The molecule has 0 saturated heterocycles. The van der Waals surface area contributed by atoms with Crippen LogP contribution in [0.2, 0.25) is 10.0 Å². The van der Waals surface area contributed by atoms with Crippen molar-refractivity contribution in [3.05, 3.63) is 39.9 Å². The van der Waals surface area contributed by atoms with Crippen LogP contribution in [0, 0.1) is 0 Å². The first-order chi connectivity index (χ1) is 11.1. The normalized spacial score (nSPS) is 11.2. The van der Waals surface area contributed by atoms with E-state index in [0.717, 1.165) is 6.08 Å². The van der Waals surface area contributed by atoms with E-state index >= 15 is 0 Å². The van der Waals surface area contributed by atoms with Crippen molar-refractivity contribution in [2.45, 2.75) is 26.3 Å². The Kier molecular flexibility index (Phi) is 7.25. The van der Waals surface area contributed by atoms with E-state index in [9.17, 15) is 14.4 Å². The van der Waals surface area contributed by atoms with Crippen LogP contribution in [0.4, 0.5) is 4.79 Å². The predicted molar refractivity (Wildman–Crippen MR) is 92.9 cm³/mol. The van der Waals surface area contributed by atoms with E-state index in [1.165, 1.54) is 12.1 Å². The zero-order chi connectivity index (χ0) is 18.3. The molecule has 0 radical (unpaired) electrons. The molecule has 2 N–H and O–H groups in total. The summed E-state index contributed by atoms with van der Waals surface area (Å²) >= 11 is 11.7. The van der Waals surface area contributed by atoms with Gasteiger partial charge in [-0.3, -0.25) is 10.1 Å². The van der Waals surface area contributed by atoms with E-state index < -0.39 is 30.1 Å². The molecular weight excluding hydrogens is 355 g/mol. The van der Waals surface area contributed by atoms with E-state index in [1.807, 2.05) is 0 Å². The fourth-order valence-corrected chi connectivity index (χ4v) is 1.99. The maximum absolute atomic E-state index is 11.6. The van der Waals surface area contributed by atoms with Gasteiger partial charge in [0, 0.05) is 21.7 Å². The zero-order valence-corrected chi connectivity index (χ0v) is 15.0. The topological polar surface area (TPSA) is 84.5 Å². The minimum absolute atomic E-state index is 0.378. The Bertz CT molecular complexity index is 667. The molecule has 3 amide bonds. The van der Waals surface area contributed by atoms with E-state index in [4.69, 9.17) is 27.9 Å². The van der Waals surface area contributed by atoms with E-state index in [2.05, 4.69) is 10.6 Å². The van der Waals surface area contributed by atoms with Gasteiger partial charge in [-0.2, -0.15) is 0 Å². The Balaban J connectivity index is 2.44. The maximum atomic E-state index is 11.6. The minimum Gasteiger partial charge on any atom is -0.452 e. The van der Waals surface area contributed by atoms with Crippen molar-refractivity contribution in [3.63, 3.8) is 0 Å². The summed E-state index contributed by atoms with van der Waals surface area (Å²) in [6.45, 7) is 4.73. The van der Waals surface area contributed by atoms with Crippen LogP contribution in [0.15, 0.2) is 24.3 Å². The molecule has 0 unspecified atom stereocenters. The molecule has 0 saturated carbocycles. The van der Waals surface area contributed by atoms with Crippen LogP contribution in [0.25, 0.3) is 6.08 Å². The van der Waals surface area contributed by atoms with Gasteiger partial charge in [0.15, 0.2) is 6.61 Å². The molecule has 0 aromatic heterocycles. The molecule has 0 aliphatic carbocycles. The summed E-state index contributed by atoms with van der Waals surface area (Å²) in [5.41, 5.74) is 0.0914. The number of halogens is 2. The summed E-state index contributed by atoms with van der Waals surface area (Å²) in [5.74, 6) is -1.48. The van der Waals surface area contributed by atoms with Crippen LogP contribution >= 0.6 is 23.2 Å². The molecule has 0 spiro atoms. The zero-order valence-electron chi connectivity index (χ0n) is 13.5. The summed E-state index contributed by atoms with van der Waals surface area (Å²) in [7, 11) is 0. The molecule has 1 rings (SSSR count). The van der Waals surface area contributed by atoms with Gasteiger partial charge in [-0.15, -0.1) is 0 Å². The van der Waals surface area contributed by atoms with Gasteiger partial charge in [0.05, 0.1) is 0 Å². The number of rotatable bonds is 4. The van der Waals surface area contributed by atoms with Gasteiger partial charge in [-0.25, -0.2) is 9.59 Å². The van der Waals surface area contributed by atoms with Gasteiger partial charge in [-0.05, 0) is 44.5 Å². The Morgan fingerprint density at radius 1 is 1.21 bits per heavy atom.